The third-order valence-corrected chi connectivity index (χ3v) is 7.51. The van der Waals surface area contributed by atoms with E-state index in [0.717, 1.165) is 10.4 Å². The third-order valence-electron chi connectivity index (χ3n) is 6.59. The monoisotopic (exact) mass is 553 g/mol. The Labute approximate surface area is 235 Å². The van der Waals surface area contributed by atoms with Crippen LogP contribution in [-0.2, 0) is 6.54 Å². The molecule has 0 atom stereocenters. The molecule has 0 saturated carbocycles. The van der Waals surface area contributed by atoms with Gasteiger partial charge in [0, 0.05) is 16.0 Å². The van der Waals surface area contributed by atoms with E-state index in [0.29, 0.717) is 33.6 Å². The van der Waals surface area contributed by atoms with Gasteiger partial charge in [0.2, 0.25) is 0 Å². The SMILES string of the molecule is CC(C)(C)N(C(=O)O)c1ccc(-c2cccs2)cc1NC(=O)c1ccc(CN2C(=O)c3ccccc3C2=O)cc1. The molecule has 0 bridgehead atoms. The maximum atomic E-state index is 13.3. The van der Waals surface area contributed by atoms with Gasteiger partial charge in [-0.25, -0.2) is 4.79 Å². The predicted molar refractivity (Wildman–Crippen MR) is 155 cm³/mol. The van der Waals surface area contributed by atoms with Gasteiger partial charge in [0.25, 0.3) is 17.7 Å². The largest absolute Gasteiger partial charge is 0.465 e. The van der Waals surface area contributed by atoms with Gasteiger partial charge < -0.3 is 10.4 Å². The van der Waals surface area contributed by atoms with Crippen molar-refractivity contribution in [1.29, 1.82) is 0 Å². The van der Waals surface area contributed by atoms with Crippen LogP contribution in [0.1, 0.15) is 57.4 Å². The van der Waals surface area contributed by atoms with Crippen LogP contribution >= 0.6 is 11.3 Å². The molecule has 0 fully saturated rings. The Balaban J connectivity index is 1.39. The molecule has 2 N–H and O–H groups in total. The number of hydrogen-bond donors (Lipinski definition) is 2. The van der Waals surface area contributed by atoms with Crippen molar-refractivity contribution in [2.75, 3.05) is 10.2 Å². The van der Waals surface area contributed by atoms with Crippen LogP contribution in [0, 0.1) is 0 Å². The highest BCUT2D eigenvalue weighted by atomic mass is 32.1. The standard InChI is InChI=1S/C31H27N3O5S/c1-31(2,3)34(30(38)39)25-15-14-21(26-9-6-16-40-26)17-24(25)32-27(35)20-12-10-19(11-13-20)18-33-28(36)22-7-4-5-8-23(22)29(33)37/h4-17H,18H2,1-3H3,(H,32,35)(H,38,39). The lowest BCUT2D eigenvalue weighted by atomic mass is 10.0. The number of benzene rings is 3. The van der Waals surface area contributed by atoms with Gasteiger partial charge in [0.05, 0.1) is 29.0 Å². The Morgan fingerprint density at radius 1 is 0.900 bits per heavy atom. The molecule has 202 valence electrons. The number of amides is 4. The van der Waals surface area contributed by atoms with Crippen LogP contribution in [0.15, 0.2) is 84.2 Å². The van der Waals surface area contributed by atoms with Gasteiger partial charge in [-0.2, -0.15) is 0 Å². The smallest absolute Gasteiger partial charge is 0.412 e. The van der Waals surface area contributed by atoms with E-state index in [9.17, 15) is 24.3 Å². The lowest BCUT2D eigenvalue weighted by Gasteiger charge is -2.34. The van der Waals surface area contributed by atoms with Gasteiger partial charge in [-0.05, 0) is 79.7 Å². The molecule has 4 aromatic rings. The number of rotatable bonds is 6. The van der Waals surface area contributed by atoms with E-state index in [4.69, 9.17) is 0 Å². The first-order valence-electron chi connectivity index (χ1n) is 12.6. The van der Waals surface area contributed by atoms with Crippen molar-refractivity contribution < 1.29 is 24.3 Å². The minimum absolute atomic E-state index is 0.0837. The Morgan fingerprint density at radius 2 is 1.55 bits per heavy atom. The first-order valence-corrected chi connectivity index (χ1v) is 13.5. The van der Waals surface area contributed by atoms with Crippen molar-refractivity contribution in [2.24, 2.45) is 0 Å². The van der Waals surface area contributed by atoms with Crippen LogP contribution in [0.3, 0.4) is 0 Å². The highest BCUT2D eigenvalue weighted by molar-refractivity contribution is 7.13. The van der Waals surface area contributed by atoms with E-state index in [1.807, 2.05) is 23.6 Å². The molecule has 3 aromatic carbocycles. The molecule has 5 rings (SSSR count). The second kappa shape index (κ2) is 10.4. The molecule has 0 unspecified atom stereocenters. The Morgan fingerprint density at radius 3 is 2.10 bits per heavy atom. The topological polar surface area (TPSA) is 107 Å². The summed E-state index contributed by atoms with van der Waals surface area (Å²) in [6, 6.07) is 22.5. The van der Waals surface area contributed by atoms with Crippen LogP contribution in [0.5, 0.6) is 0 Å². The molecule has 1 aliphatic rings. The number of thiophene rings is 1. The minimum atomic E-state index is -1.13. The maximum Gasteiger partial charge on any atom is 0.412 e. The Kier molecular flexibility index (Phi) is 6.99. The van der Waals surface area contributed by atoms with Gasteiger partial charge in [0.15, 0.2) is 0 Å². The van der Waals surface area contributed by atoms with Crippen LogP contribution in [0.25, 0.3) is 10.4 Å². The molecule has 9 heteroatoms. The van der Waals surface area contributed by atoms with Crippen molar-refractivity contribution in [3.8, 4) is 10.4 Å². The number of nitrogens with one attached hydrogen (secondary N) is 1. The number of carbonyl (C=O) groups excluding carboxylic acids is 3. The number of anilines is 2. The summed E-state index contributed by atoms with van der Waals surface area (Å²) in [4.78, 5) is 54.4. The number of fused-ring (bicyclic) bond motifs is 1. The van der Waals surface area contributed by atoms with Crippen molar-refractivity contribution in [3.05, 3.63) is 106 Å². The van der Waals surface area contributed by atoms with Crippen molar-refractivity contribution in [1.82, 2.24) is 4.90 Å². The van der Waals surface area contributed by atoms with Gasteiger partial charge in [-0.15, -0.1) is 11.3 Å². The average Bonchev–Trinajstić information content (AvgIpc) is 3.53. The normalized spacial score (nSPS) is 12.8. The van der Waals surface area contributed by atoms with Crippen molar-refractivity contribution >= 4 is 46.5 Å². The summed E-state index contributed by atoms with van der Waals surface area (Å²) in [6.45, 7) is 5.44. The fourth-order valence-electron chi connectivity index (χ4n) is 4.70. The zero-order valence-corrected chi connectivity index (χ0v) is 23.0. The molecule has 1 aromatic heterocycles. The molecule has 8 nitrogen and oxygen atoms in total. The zero-order valence-electron chi connectivity index (χ0n) is 22.2. The summed E-state index contributed by atoms with van der Waals surface area (Å²) in [6.07, 6.45) is -1.13. The molecule has 0 aliphatic carbocycles. The average molecular weight is 554 g/mol. The summed E-state index contributed by atoms with van der Waals surface area (Å²) < 4.78 is 0. The van der Waals surface area contributed by atoms with Gasteiger partial charge in [-0.1, -0.05) is 36.4 Å². The van der Waals surface area contributed by atoms with Crippen molar-refractivity contribution in [3.63, 3.8) is 0 Å². The van der Waals surface area contributed by atoms with E-state index < -0.39 is 17.5 Å². The highest BCUT2D eigenvalue weighted by Gasteiger charge is 2.35. The fraction of sp³-hybridized carbons (Fsp3) is 0.161. The van der Waals surface area contributed by atoms with Crippen molar-refractivity contribution in [2.45, 2.75) is 32.9 Å². The quantitative estimate of drug-likeness (QED) is 0.257. The fourth-order valence-corrected chi connectivity index (χ4v) is 5.42. The number of nitrogens with zero attached hydrogens (tertiary/aromatic N) is 2. The van der Waals surface area contributed by atoms with E-state index >= 15 is 0 Å². The predicted octanol–water partition coefficient (Wildman–Crippen LogP) is 6.75. The molecular formula is C31H27N3O5S. The summed E-state index contributed by atoms with van der Waals surface area (Å²) in [7, 11) is 0. The molecule has 0 spiro atoms. The molecule has 40 heavy (non-hydrogen) atoms. The van der Waals surface area contributed by atoms with Crippen LogP contribution < -0.4 is 10.2 Å². The van der Waals surface area contributed by atoms with E-state index in [-0.39, 0.29) is 18.4 Å². The lowest BCUT2D eigenvalue weighted by Crippen LogP contribution is -2.45. The van der Waals surface area contributed by atoms with Crippen LogP contribution in [0.4, 0.5) is 16.2 Å². The third kappa shape index (κ3) is 5.11. The lowest BCUT2D eigenvalue weighted by molar-refractivity contribution is 0.0641. The van der Waals surface area contributed by atoms with E-state index in [2.05, 4.69) is 5.32 Å². The minimum Gasteiger partial charge on any atom is -0.465 e. The van der Waals surface area contributed by atoms with E-state index in [1.54, 1.807) is 92.8 Å². The maximum absolute atomic E-state index is 13.3. The zero-order chi connectivity index (χ0) is 28.6. The van der Waals surface area contributed by atoms with Gasteiger partial charge in [0.1, 0.15) is 0 Å². The number of imide groups is 1. The second-order valence-corrected chi connectivity index (χ2v) is 11.3. The second-order valence-electron chi connectivity index (χ2n) is 10.4. The van der Waals surface area contributed by atoms with Crippen LogP contribution in [-0.4, -0.2) is 39.4 Å². The summed E-state index contributed by atoms with van der Waals surface area (Å²) >= 11 is 1.54. The molecule has 1 aliphatic heterocycles. The summed E-state index contributed by atoms with van der Waals surface area (Å²) in [5, 5.41) is 14.8. The van der Waals surface area contributed by atoms with Gasteiger partial charge >= 0.3 is 6.09 Å². The summed E-state index contributed by atoms with van der Waals surface area (Å²) in [5.74, 6) is -1.11. The number of hydrogen-bond acceptors (Lipinski definition) is 5. The first-order chi connectivity index (χ1) is 19.0. The number of carbonyl (C=O) groups is 4. The molecule has 0 saturated heterocycles. The highest BCUT2D eigenvalue weighted by Crippen LogP contribution is 2.37. The van der Waals surface area contributed by atoms with E-state index in [1.165, 1.54) is 9.80 Å². The molecular weight excluding hydrogens is 526 g/mol. The molecule has 2 heterocycles. The summed E-state index contributed by atoms with van der Waals surface area (Å²) in [5.41, 5.74) is 2.61. The Hall–Kier alpha value is -4.76. The molecule has 0 radical (unpaired) electrons. The van der Waals surface area contributed by atoms with Crippen LogP contribution in [0.2, 0.25) is 0 Å². The molecule has 4 amide bonds. The Bertz CT molecular complexity index is 1590. The first kappa shape index (κ1) is 26.8. The number of carboxylic acid groups (broad SMARTS) is 1. The van der Waals surface area contributed by atoms with Gasteiger partial charge in [-0.3, -0.25) is 24.2 Å².